The van der Waals surface area contributed by atoms with E-state index in [4.69, 9.17) is 14.2 Å². The molecule has 2 aromatic rings. The van der Waals surface area contributed by atoms with Gasteiger partial charge in [0.2, 0.25) is 5.91 Å². The molecule has 30 heavy (non-hydrogen) atoms. The second-order valence-corrected chi connectivity index (χ2v) is 7.72. The highest BCUT2D eigenvalue weighted by molar-refractivity contribution is 7.17. The summed E-state index contributed by atoms with van der Waals surface area (Å²) in [5, 5.41) is 3.22. The zero-order valence-electron chi connectivity index (χ0n) is 17.4. The van der Waals surface area contributed by atoms with Crippen molar-refractivity contribution in [3.8, 4) is 11.5 Å². The van der Waals surface area contributed by atoms with Crippen LogP contribution in [0.1, 0.15) is 45.0 Å². The molecule has 0 unspecified atom stereocenters. The molecule has 1 aliphatic heterocycles. The van der Waals surface area contributed by atoms with Gasteiger partial charge in [-0.05, 0) is 31.0 Å². The minimum atomic E-state index is -0.492. The number of hydrogen-bond acceptors (Lipinski definition) is 7. The van der Waals surface area contributed by atoms with Crippen LogP contribution in [0.15, 0.2) is 18.2 Å². The monoisotopic (exact) mass is 432 g/mol. The average molecular weight is 432 g/mol. The summed E-state index contributed by atoms with van der Waals surface area (Å²) >= 11 is 1.28. The van der Waals surface area contributed by atoms with E-state index in [-0.39, 0.29) is 18.1 Å². The molecule has 0 fully saturated rings. The third-order valence-corrected chi connectivity index (χ3v) is 6.00. The third kappa shape index (κ3) is 4.11. The molecule has 0 bridgehead atoms. The Bertz CT molecular complexity index is 962. The van der Waals surface area contributed by atoms with Crippen LogP contribution in [0.3, 0.4) is 0 Å². The van der Waals surface area contributed by atoms with E-state index < -0.39 is 11.9 Å². The number of carbonyl (C=O) groups excluding carboxylic acids is 3. The minimum Gasteiger partial charge on any atom is -0.496 e. The van der Waals surface area contributed by atoms with Gasteiger partial charge in [-0.2, -0.15) is 0 Å². The highest BCUT2D eigenvalue weighted by atomic mass is 32.1. The molecule has 3 rings (SSSR count). The summed E-state index contributed by atoms with van der Waals surface area (Å²) in [4.78, 5) is 40.1. The Morgan fingerprint density at radius 3 is 2.37 bits per heavy atom. The zero-order chi connectivity index (χ0) is 21.8. The normalized spacial score (nSPS) is 12.7. The number of carbonyl (C=O) groups is 3. The second-order valence-electron chi connectivity index (χ2n) is 6.61. The second kappa shape index (κ2) is 9.17. The van der Waals surface area contributed by atoms with E-state index >= 15 is 0 Å². The Labute approximate surface area is 178 Å². The predicted octanol–water partition coefficient (Wildman–Crippen LogP) is 3.10. The van der Waals surface area contributed by atoms with Gasteiger partial charge in [0.15, 0.2) is 0 Å². The molecule has 1 N–H and O–H groups in total. The van der Waals surface area contributed by atoms with Crippen molar-refractivity contribution in [2.24, 2.45) is 0 Å². The maximum absolute atomic E-state index is 13.1. The van der Waals surface area contributed by atoms with Crippen LogP contribution in [-0.2, 0) is 22.5 Å². The molecule has 0 saturated heterocycles. The molecule has 2 amide bonds. The van der Waals surface area contributed by atoms with Crippen LogP contribution in [-0.4, -0.2) is 50.1 Å². The highest BCUT2D eigenvalue weighted by Crippen LogP contribution is 2.39. The van der Waals surface area contributed by atoms with E-state index in [1.165, 1.54) is 32.5 Å². The molecule has 160 valence electrons. The SMILES string of the molecule is CCOC(=O)c1c(NC(=O)c2c(OC)cccc2OC)sc2c1CCN(C(C)=O)C2. The van der Waals surface area contributed by atoms with Gasteiger partial charge in [0, 0.05) is 18.3 Å². The molecule has 1 aliphatic rings. The van der Waals surface area contributed by atoms with Gasteiger partial charge in [0.05, 0.1) is 32.9 Å². The van der Waals surface area contributed by atoms with Crippen molar-refractivity contribution < 1.29 is 28.6 Å². The number of ether oxygens (including phenoxy) is 3. The first-order valence-corrected chi connectivity index (χ1v) is 10.3. The van der Waals surface area contributed by atoms with Crippen LogP contribution in [0.5, 0.6) is 11.5 Å². The maximum atomic E-state index is 13.1. The highest BCUT2D eigenvalue weighted by Gasteiger charge is 2.31. The molecule has 8 nitrogen and oxygen atoms in total. The number of esters is 1. The Morgan fingerprint density at radius 1 is 1.13 bits per heavy atom. The van der Waals surface area contributed by atoms with Gasteiger partial charge in [-0.1, -0.05) is 6.07 Å². The van der Waals surface area contributed by atoms with Gasteiger partial charge < -0.3 is 24.4 Å². The third-order valence-electron chi connectivity index (χ3n) is 4.86. The van der Waals surface area contributed by atoms with Crippen molar-refractivity contribution in [2.45, 2.75) is 26.8 Å². The predicted molar refractivity (Wildman–Crippen MR) is 113 cm³/mol. The number of amides is 2. The number of rotatable bonds is 6. The quantitative estimate of drug-likeness (QED) is 0.705. The Balaban J connectivity index is 2.01. The lowest BCUT2D eigenvalue weighted by Crippen LogP contribution is -2.34. The molecular formula is C21H24N2O6S. The van der Waals surface area contributed by atoms with Crippen LogP contribution in [0, 0.1) is 0 Å². The van der Waals surface area contributed by atoms with Crippen LogP contribution in [0.4, 0.5) is 5.00 Å². The standard InChI is InChI=1S/C21H24N2O6S/c1-5-29-21(26)17-13-9-10-23(12(2)24)11-16(13)30-20(17)22-19(25)18-14(27-3)7-6-8-15(18)28-4/h6-8H,5,9-11H2,1-4H3,(H,22,25). The van der Waals surface area contributed by atoms with Crippen molar-refractivity contribution >= 4 is 34.1 Å². The Morgan fingerprint density at radius 2 is 1.80 bits per heavy atom. The Kier molecular flexibility index (Phi) is 6.61. The van der Waals surface area contributed by atoms with Gasteiger partial charge in [-0.15, -0.1) is 11.3 Å². The van der Waals surface area contributed by atoms with E-state index in [1.54, 1.807) is 30.0 Å². The van der Waals surface area contributed by atoms with Gasteiger partial charge in [0.25, 0.3) is 5.91 Å². The summed E-state index contributed by atoms with van der Waals surface area (Å²) in [5.74, 6) is -0.274. The number of hydrogen-bond donors (Lipinski definition) is 1. The molecule has 1 aromatic carbocycles. The van der Waals surface area contributed by atoms with Gasteiger partial charge >= 0.3 is 5.97 Å². The molecule has 0 atom stereocenters. The van der Waals surface area contributed by atoms with Crippen molar-refractivity contribution in [3.05, 3.63) is 39.8 Å². The smallest absolute Gasteiger partial charge is 0.341 e. The van der Waals surface area contributed by atoms with Crippen LogP contribution in [0.2, 0.25) is 0 Å². The topological polar surface area (TPSA) is 94.2 Å². The molecular weight excluding hydrogens is 408 g/mol. The summed E-state index contributed by atoms with van der Waals surface area (Å²) in [7, 11) is 2.94. The first-order valence-electron chi connectivity index (χ1n) is 9.50. The molecule has 0 radical (unpaired) electrons. The van der Waals surface area contributed by atoms with E-state index in [9.17, 15) is 14.4 Å². The lowest BCUT2D eigenvalue weighted by Gasteiger charge is -2.25. The molecule has 2 heterocycles. The summed E-state index contributed by atoms with van der Waals surface area (Å²) in [6.45, 7) is 4.37. The molecule has 9 heteroatoms. The number of anilines is 1. The lowest BCUT2D eigenvalue weighted by atomic mass is 10.0. The van der Waals surface area contributed by atoms with Crippen LogP contribution >= 0.6 is 11.3 Å². The first-order chi connectivity index (χ1) is 14.4. The summed E-state index contributed by atoms with van der Waals surface area (Å²) < 4.78 is 15.9. The van der Waals surface area contributed by atoms with Crippen molar-refractivity contribution in [1.82, 2.24) is 4.90 Å². The lowest BCUT2D eigenvalue weighted by molar-refractivity contribution is -0.129. The number of fused-ring (bicyclic) bond motifs is 1. The zero-order valence-corrected chi connectivity index (χ0v) is 18.2. The molecule has 1 aromatic heterocycles. The van der Waals surface area contributed by atoms with Crippen molar-refractivity contribution in [3.63, 3.8) is 0 Å². The van der Waals surface area contributed by atoms with E-state index in [0.29, 0.717) is 41.6 Å². The van der Waals surface area contributed by atoms with E-state index in [0.717, 1.165) is 10.4 Å². The fraction of sp³-hybridized carbons (Fsp3) is 0.381. The van der Waals surface area contributed by atoms with Gasteiger partial charge in [-0.3, -0.25) is 9.59 Å². The van der Waals surface area contributed by atoms with E-state index in [1.807, 2.05) is 0 Å². The fourth-order valence-corrected chi connectivity index (χ4v) is 4.67. The van der Waals surface area contributed by atoms with Crippen molar-refractivity contribution in [2.75, 3.05) is 32.7 Å². The number of benzene rings is 1. The van der Waals surface area contributed by atoms with Gasteiger partial charge in [-0.25, -0.2) is 4.79 Å². The van der Waals surface area contributed by atoms with Crippen LogP contribution in [0.25, 0.3) is 0 Å². The summed E-state index contributed by atoms with van der Waals surface area (Å²) in [5.41, 5.74) is 1.40. The number of thiophene rings is 1. The number of methoxy groups -OCH3 is 2. The van der Waals surface area contributed by atoms with Crippen molar-refractivity contribution in [1.29, 1.82) is 0 Å². The van der Waals surface area contributed by atoms with Gasteiger partial charge in [0.1, 0.15) is 22.1 Å². The number of nitrogens with zero attached hydrogens (tertiary/aromatic N) is 1. The molecule has 0 spiro atoms. The first kappa shape index (κ1) is 21.6. The average Bonchev–Trinajstić information content (AvgIpc) is 3.09. The Hall–Kier alpha value is -3.07. The van der Waals surface area contributed by atoms with E-state index in [2.05, 4.69) is 5.32 Å². The largest absolute Gasteiger partial charge is 0.496 e. The molecule has 0 saturated carbocycles. The summed E-state index contributed by atoms with van der Waals surface area (Å²) in [6.07, 6.45) is 0.521. The fourth-order valence-electron chi connectivity index (χ4n) is 3.42. The van der Waals surface area contributed by atoms with Crippen LogP contribution < -0.4 is 14.8 Å². The minimum absolute atomic E-state index is 0.0314. The number of nitrogens with one attached hydrogen (secondary N) is 1. The molecule has 0 aliphatic carbocycles. The maximum Gasteiger partial charge on any atom is 0.341 e. The summed E-state index contributed by atoms with van der Waals surface area (Å²) in [6, 6.07) is 5.04.